The van der Waals surface area contributed by atoms with E-state index in [2.05, 4.69) is 5.32 Å². The molecule has 4 nitrogen and oxygen atoms in total. The summed E-state index contributed by atoms with van der Waals surface area (Å²) in [6.45, 7) is 8.25. The van der Waals surface area contributed by atoms with Crippen molar-refractivity contribution in [1.82, 2.24) is 5.32 Å². The number of aliphatic hydroxyl groups is 1. The van der Waals surface area contributed by atoms with Crippen LogP contribution in [0.5, 0.6) is 0 Å². The van der Waals surface area contributed by atoms with Crippen LogP contribution in [0.4, 0.5) is 5.69 Å². The molecule has 0 fully saturated rings. The average molecular weight is 354 g/mol. The van der Waals surface area contributed by atoms with Gasteiger partial charge in [-0.25, -0.2) is 0 Å². The molecule has 4 heteroatoms. The molecule has 2 rings (SSSR count). The van der Waals surface area contributed by atoms with Crippen LogP contribution in [0.3, 0.4) is 0 Å². The number of para-hydroxylation sites is 1. The first-order chi connectivity index (χ1) is 12.4. The van der Waals surface area contributed by atoms with Gasteiger partial charge in [0.2, 0.25) is 5.91 Å². The van der Waals surface area contributed by atoms with E-state index in [1.807, 2.05) is 88.4 Å². The molecule has 2 aromatic carbocycles. The standard InChI is InChI=1S/C22H30N2O2/c1-17(2)24(19-13-9-6-10-14-19)20(26)15-23-21(22(3,4)16-25)18-11-7-5-8-12-18/h5-14,17,21,23,25H,15-16H2,1-4H3. The van der Waals surface area contributed by atoms with Crippen molar-refractivity contribution in [2.45, 2.75) is 39.8 Å². The Labute approximate surface area is 156 Å². The molecule has 0 saturated carbocycles. The second-order valence-electron chi connectivity index (χ2n) is 7.56. The molecule has 0 spiro atoms. The Kier molecular flexibility index (Phi) is 6.95. The van der Waals surface area contributed by atoms with Gasteiger partial charge in [-0.15, -0.1) is 0 Å². The van der Waals surface area contributed by atoms with E-state index in [4.69, 9.17) is 0 Å². The van der Waals surface area contributed by atoms with Gasteiger partial charge < -0.3 is 15.3 Å². The lowest BCUT2D eigenvalue weighted by molar-refractivity contribution is -0.118. The predicted octanol–water partition coefficient (Wildman–Crippen LogP) is 3.78. The topological polar surface area (TPSA) is 52.6 Å². The molecule has 1 atom stereocenters. The van der Waals surface area contributed by atoms with Gasteiger partial charge in [0.1, 0.15) is 0 Å². The minimum atomic E-state index is -0.392. The molecule has 0 aliphatic rings. The molecule has 140 valence electrons. The number of anilines is 1. The number of hydrogen-bond donors (Lipinski definition) is 2. The van der Waals surface area contributed by atoms with Crippen molar-refractivity contribution in [3.63, 3.8) is 0 Å². The molecule has 0 bridgehead atoms. The first kappa shape index (κ1) is 20.1. The molecule has 1 unspecified atom stereocenters. The van der Waals surface area contributed by atoms with E-state index in [0.717, 1.165) is 11.3 Å². The van der Waals surface area contributed by atoms with Gasteiger partial charge in [-0.2, -0.15) is 0 Å². The maximum atomic E-state index is 12.9. The van der Waals surface area contributed by atoms with Crippen LogP contribution in [-0.2, 0) is 4.79 Å². The summed E-state index contributed by atoms with van der Waals surface area (Å²) in [4.78, 5) is 14.7. The van der Waals surface area contributed by atoms with Crippen molar-refractivity contribution >= 4 is 11.6 Å². The van der Waals surface area contributed by atoms with Crippen LogP contribution < -0.4 is 10.2 Å². The monoisotopic (exact) mass is 354 g/mol. The van der Waals surface area contributed by atoms with E-state index >= 15 is 0 Å². The number of hydrogen-bond acceptors (Lipinski definition) is 3. The molecule has 0 heterocycles. The number of carbonyl (C=O) groups is 1. The second kappa shape index (κ2) is 8.97. The van der Waals surface area contributed by atoms with Crippen LogP contribution in [-0.4, -0.2) is 30.2 Å². The summed E-state index contributed by atoms with van der Waals surface area (Å²) >= 11 is 0. The molecule has 2 aromatic rings. The average Bonchev–Trinajstić information content (AvgIpc) is 2.63. The number of rotatable bonds is 8. The Morgan fingerprint density at radius 2 is 1.58 bits per heavy atom. The fourth-order valence-corrected chi connectivity index (χ4v) is 3.18. The number of nitrogens with zero attached hydrogens (tertiary/aromatic N) is 1. The number of aliphatic hydroxyl groups excluding tert-OH is 1. The first-order valence-corrected chi connectivity index (χ1v) is 9.13. The fraction of sp³-hybridized carbons (Fsp3) is 0.409. The summed E-state index contributed by atoms with van der Waals surface area (Å²) in [5.74, 6) is 0.0147. The Morgan fingerprint density at radius 1 is 1.04 bits per heavy atom. The molecular weight excluding hydrogens is 324 g/mol. The number of benzene rings is 2. The SMILES string of the molecule is CC(C)N(C(=O)CNC(c1ccccc1)C(C)(C)CO)c1ccccc1. The van der Waals surface area contributed by atoms with Crippen molar-refractivity contribution in [2.24, 2.45) is 5.41 Å². The van der Waals surface area contributed by atoms with E-state index in [-0.39, 0.29) is 31.1 Å². The molecule has 0 aromatic heterocycles. The Morgan fingerprint density at radius 3 is 2.08 bits per heavy atom. The summed E-state index contributed by atoms with van der Waals surface area (Å²) in [5.41, 5.74) is 1.57. The van der Waals surface area contributed by atoms with Crippen LogP contribution in [0.15, 0.2) is 60.7 Å². The summed E-state index contributed by atoms with van der Waals surface area (Å²) in [6, 6.07) is 19.6. The molecule has 0 aliphatic carbocycles. The highest BCUT2D eigenvalue weighted by Crippen LogP contribution is 2.32. The summed E-state index contributed by atoms with van der Waals surface area (Å²) in [5, 5.41) is 13.2. The Balaban J connectivity index is 2.18. The minimum absolute atomic E-state index is 0.0147. The Hall–Kier alpha value is -2.17. The summed E-state index contributed by atoms with van der Waals surface area (Å²) < 4.78 is 0. The van der Waals surface area contributed by atoms with Crippen LogP contribution in [0.25, 0.3) is 0 Å². The van der Waals surface area contributed by atoms with Crippen LogP contribution in [0, 0.1) is 5.41 Å². The lowest BCUT2D eigenvalue weighted by atomic mass is 9.81. The third-order valence-corrected chi connectivity index (χ3v) is 4.60. The maximum absolute atomic E-state index is 12.9. The predicted molar refractivity (Wildman–Crippen MR) is 107 cm³/mol. The van der Waals surface area contributed by atoms with Crippen molar-refractivity contribution < 1.29 is 9.90 Å². The van der Waals surface area contributed by atoms with Gasteiger partial charge in [-0.05, 0) is 31.5 Å². The van der Waals surface area contributed by atoms with Gasteiger partial charge in [-0.3, -0.25) is 4.79 Å². The number of carbonyl (C=O) groups excluding carboxylic acids is 1. The molecule has 0 saturated heterocycles. The van der Waals surface area contributed by atoms with Crippen molar-refractivity contribution in [3.8, 4) is 0 Å². The molecule has 0 radical (unpaired) electrons. The van der Waals surface area contributed by atoms with E-state index in [0.29, 0.717) is 0 Å². The normalized spacial score (nSPS) is 12.8. The van der Waals surface area contributed by atoms with Gasteiger partial charge in [-0.1, -0.05) is 62.4 Å². The number of nitrogens with one attached hydrogen (secondary N) is 1. The quantitative estimate of drug-likeness (QED) is 0.758. The third kappa shape index (κ3) is 4.93. The highest BCUT2D eigenvalue weighted by atomic mass is 16.3. The zero-order chi connectivity index (χ0) is 19.2. The van der Waals surface area contributed by atoms with Gasteiger partial charge in [0.15, 0.2) is 0 Å². The minimum Gasteiger partial charge on any atom is -0.396 e. The first-order valence-electron chi connectivity index (χ1n) is 9.13. The van der Waals surface area contributed by atoms with Crippen molar-refractivity contribution in [1.29, 1.82) is 0 Å². The van der Waals surface area contributed by atoms with Gasteiger partial charge in [0.05, 0.1) is 6.54 Å². The summed E-state index contributed by atoms with van der Waals surface area (Å²) in [6.07, 6.45) is 0. The van der Waals surface area contributed by atoms with Crippen molar-refractivity contribution in [3.05, 3.63) is 66.2 Å². The number of amides is 1. The van der Waals surface area contributed by atoms with E-state index in [1.54, 1.807) is 4.90 Å². The zero-order valence-corrected chi connectivity index (χ0v) is 16.1. The molecular formula is C22H30N2O2. The van der Waals surface area contributed by atoms with E-state index in [1.165, 1.54) is 0 Å². The highest BCUT2D eigenvalue weighted by molar-refractivity contribution is 5.95. The fourth-order valence-electron chi connectivity index (χ4n) is 3.18. The molecule has 2 N–H and O–H groups in total. The van der Waals surface area contributed by atoms with E-state index in [9.17, 15) is 9.90 Å². The van der Waals surface area contributed by atoms with Crippen LogP contribution >= 0.6 is 0 Å². The van der Waals surface area contributed by atoms with Gasteiger partial charge in [0, 0.05) is 29.8 Å². The lowest BCUT2D eigenvalue weighted by Crippen LogP contribution is -2.46. The van der Waals surface area contributed by atoms with Crippen LogP contribution in [0.1, 0.15) is 39.3 Å². The van der Waals surface area contributed by atoms with Crippen molar-refractivity contribution in [2.75, 3.05) is 18.1 Å². The van der Waals surface area contributed by atoms with Crippen LogP contribution in [0.2, 0.25) is 0 Å². The molecule has 26 heavy (non-hydrogen) atoms. The molecule has 1 amide bonds. The maximum Gasteiger partial charge on any atom is 0.241 e. The van der Waals surface area contributed by atoms with E-state index < -0.39 is 5.41 Å². The lowest BCUT2D eigenvalue weighted by Gasteiger charge is -2.35. The second-order valence-corrected chi connectivity index (χ2v) is 7.56. The highest BCUT2D eigenvalue weighted by Gasteiger charge is 2.31. The Bertz CT molecular complexity index is 684. The smallest absolute Gasteiger partial charge is 0.241 e. The van der Waals surface area contributed by atoms with Gasteiger partial charge in [0.25, 0.3) is 0 Å². The zero-order valence-electron chi connectivity index (χ0n) is 16.1. The van der Waals surface area contributed by atoms with Gasteiger partial charge >= 0.3 is 0 Å². The third-order valence-electron chi connectivity index (χ3n) is 4.60. The summed E-state index contributed by atoms with van der Waals surface area (Å²) in [7, 11) is 0. The largest absolute Gasteiger partial charge is 0.396 e. The molecule has 0 aliphatic heterocycles.